The number of amides is 1. The molecule has 5 heteroatoms. The number of piperidine rings is 1. The minimum atomic E-state index is -0.751. The summed E-state index contributed by atoms with van der Waals surface area (Å²) in [4.78, 5) is 25.2. The van der Waals surface area contributed by atoms with Crippen LogP contribution in [0.2, 0.25) is 0 Å². The monoisotopic (exact) mass is 325 g/mol. The summed E-state index contributed by atoms with van der Waals surface area (Å²) < 4.78 is 6.03. The second-order valence-corrected chi connectivity index (χ2v) is 7.12. The van der Waals surface area contributed by atoms with Gasteiger partial charge in [-0.25, -0.2) is 0 Å². The Morgan fingerprint density at radius 3 is 2.48 bits per heavy atom. The number of aliphatic carboxylic acids is 1. The highest BCUT2D eigenvalue weighted by Crippen LogP contribution is 2.24. The van der Waals surface area contributed by atoms with Crippen LogP contribution in [0.4, 0.5) is 0 Å². The molecule has 1 heterocycles. The molecule has 2 rings (SSSR count). The second kappa shape index (κ2) is 9.26. The fourth-order valence-electron chi connectivity index (χ4n) is 3.81. The third-order valence-corrected chi connectivity index (χ3v) is 5.14. The number of carbonyl (C=O) groups excluding carboxylic acids is 1. The van der Waals surface area contributed by atoms with Gasteiger partial charge in [-0.3, -0.25) is 9.59 Å². The zero-order valence-electron chi connectivity index (χ0n) is 14.3. The van der Waals surface area contributed by atoms with Gasteiger partial charge in [-0.15, -0.1) is 0 Å². The van der Waals surface area contributed by atoms with Crippen LogP contribution in [0, 0.1) is 5.92 Å². The van der Waals surface area contributed by atoms with Crippen molar-refractivity contribution in [1.82, 2.24) is 4.90 Å². The van der Waals surface area contributed by atoms with Crippen molar-refractivity contribution in [3.63, 3.8) is 0 Å². The lowest BCUT2D eigenvalue weighted by Crippen LogP contribution is -2.45. The third-order valence-electron chi connectivity index (χ3n) is 5.14. The summed E-state index contributed by atoms with van der Waals surface area (Å²) >= 11 is 0. The van der Waals surface area contributed by atoms with E-state index in [9.17, 15) is 9.59 Å². The summed E-state index contributed by atoms with van der Waals surface area (Å²) in [5, 5.41) is 8.81. The SMILES string of the molecule is C[C@@H](OC1CCCCCC1)C(=O)N1CCC[C@@H](CCC(=O)O)C1. The van der Waals surface area contributed by atoms with E-state index in [0.717, 1.165) is 32.2 Å². The zero-order chi connectivity index (χ0) is 16.7. The minimum Gasteiger partial charge on any atom is -0.481 e. The van der Waals surface area contributed by atoms with E-state index in [-0.39, 0.29) is 24.5 Å². The molecule has 2 aliphatic rings. The number of hydrogen-bond acceptors (Lipinski definition) is 3. The van der Waals surface area contributed by atoms with E-state index in [4.69, 9.17) is 9.84 Å². The lowest BCUT2D eigenvalue weighted by atomic mass is 9.93. The molecule has 1 N–H and O–H groups in total. The smallest absolute Gasteiger partial charge is 0.303 e. The molecule has 1 amide bonds. The van der Waals surface area contributed by atoms with E-state index < -0.39 is 5.97 Å². The van der Waals surface area contributed by atoms with Crippen LogP contribution in [0.15, 0.2) is 0 Å². The summed E-state index contributed by atoms with van der Waals surface area (Å²) in [5.74, 6) is -0.360. The van der Waals surface area contributed by atoms with E-state index in [1.807, 2.05) is 11.8 Å². The lowest BCUT2D eigenvalue weighted by molar-refractivity contribution is -0.148. The van der Waals surface area contributed by atoms with Gasteiger partial charge in [-0.1, -0.05) is 25.7 Å². The summed E-state index contributed by atoms with van der Waals surface area (Å²) in [5.41, 5.74) is 0. The molecule has 1 aliphatic heterocycles. The molecular weight excluding hydrogens is 294 g/mol. The maximum absolute atomic E-state index is 12.6. The molecule has 5 nitrogen and oxygen atoms in total. The minimum absolute atomic E-state index is 0.0780. The molecule has 1 saturated carbocycles. The van der Waals surface area contributed by atoms with E-state index in [1.165, 1.54) is 25.7 Å². The zero-order valence-corrected chi connectivity index (χ0v) is 14.3. The Morgan fingerprint density at radius 2 is 1.83 bits per heavy atom. The predicted octanol–water partition coefficient (Wildman–Crippen LogP) is 3.22. The Labute approximate surface area is 139 Å². The fourth-order valence-corrected chi connectivity index (χ4v) is 3.81. The van der Waals surface area contributed by atoms with Crippen molar-refractivity contribution in [3.05, 3.63) is 0 Å². The van der Waals surface area contributed by atoms with E-state index in [2.05, 4.69) is 0 Å². The van der Waals surface area contributed by atoms with Crippen molar-refractivity contribution < 1.29 is 19.4 Å². The van der Waals surface area contributed by atoms with Crippen LogP contribution in [0.5, 0.6) is 0 Å². The van der Waals surface area contributed by atoms with Gasteiger partial charge in [0.25, 0.3) is 5.91 Å². The molecule has 1 saturated heterocycles. The quantitative estimate of drug-likeness (QED) is 0.762. The molecule has 0 bridgehead atoms. The summed E-state index contributed by atoms with van der Waals surface area (Å²) in [6.07, 6.45) is 9.79. The molecule has 0 radical (unpaired) electrons. The molecule has 0 aromatic carbocycles. The molecule has 0 spiro atoms. The Kier molecular flexibility index (Phi) is 7.34. The van der Waals surface area contributed by atoms with Crippen molar-refractivity contribution in [3.8, 4) is 0 Å². The van der Waals surface area contributed by atoms with Gasteiger partial charge in [0.15, 0.2) is 0 Å². The standard InChI is InChI=1S/C18H31NO4/c1-14(23-16-8-4-2-3-5-9-16)18(22)19-12-6-7-15(13-19)10-11-17(20)21/h14-16H,2-13H2,1H3,(H,20,21)/t14-,15+/m1/s1. The van der Waals surface area contributed by atoms with E-state index in [1.54, 1.807) is 0 Å². The highest BCUT2D eigenvalue weighted by molar-refractivity contribution is 5.80. The first-order valence-electron chi connectivity index (χ1n) is 9.22. The van der Waals surface area contributed by atoms with Crippen LogP contribution in [0.25, 0.3) is 0 Å². The molecule has 2 atom stereocenters. The first-order chi connectivity index (χ1) is 11.1. The average Bonchev–Trinajstić information content (AvgIpc) is 2.81. The van der Waals surface area contributed by atoms with Crippen molar-refractivity contribution in [1.29, 1.82) is 0 Å². The van der Waals surface area contributed by atoms with Gasteiger partial charge in [-0.05, 0) is 44.9 Å². The number of nitrogens with zero attached hydrogens (tertiary/aromatic N) is 1. The fraction of sp³-hybridized carbons (Fsp3) is 0.889. The molecule has 0 aromatic heterocycles. The Balaban J connectivity index is 1.79. The molecule has 132 valence electrons. The van der Waals surface area contributed by atoms with Gasteiger partial charge in [-0.2, -0.15) is 0 Å². The van der Waals surface area contributed by atoms with Crippen LogP contribution in [0.1, 0.15) is 71.1 Å². The highest BCUT2D eigenvalue weighted by Gasteiger charge is 2.29. The molecule has 0 unspecified atom stereocenters. The van der Waals surface area contributed by atoms with E-state index in [0.29, 0.717) is 18.9 Å². The highest BCUT2D eigenvalue weighted by atomic mass is 16.5. The Hall–Kier alpha value is -1.10. The molecular formula is C18H31NO4. The summed E-state index contributed by atoms with van der Waals surface area (Å²) in [6.45, 7) is 3.33. The van der Waals surface area contributed by atoms with Gasteiger partial charge in [0.2, 0.25) is 0 Å². The van der Waals surface area contributed by atoms with Crippen molar-refractivity contribution in [2.75, 3.05) is 13.1 Å². The first kappa shape index (κ1) is 18.2. The number of carboxylic acids is 1. The number of carbonyl (C=O) groups is 2. The average molecular weight is 325 g/mol. The van der Waals surface area contributed by atoms with Gasteiger partial charge in [0.05, 0.1) is 6.10 Å². The Morgan fingerprint density at radius 1 is 1.13 bits per heavy atom. The van der Waals surface area contributed by atoms with Gasteiger partial charge in [0.1, 0.15) is 6.10 Å². The largest absolute Gasteiger partial charge is 0.481 e. The van der Waals surface area contributed by atoms with Crippen LogP contribution in [-0.4, -0.2) is 47.2 Å². The second-order valence-electron chi connectivity index (χ2n) is 7.12. The molecule has 1 aliphatic carbocycles. The number of hydrogen-bond donors (Lipinski definition) is 1. The first-order valence-corrected chi connectivity index (χ1v) is 9.22. The van der Waals surface area contributed by atoms with Crippen molar-refractivity contribution >= 4 is 11.9 Å². The van der Waals surface area contributed by atoms with Crippen molar-refractivity contribution in [2.45, 2.75) is 83.3 Å². The Bertz CT molecular complexity index is 390. The third kappa shape index (κ3) is 6.13. The van der Waals surface area contributed by atoms with Gasteiger partial charge >= 0.3 is 5.97 Å². The van der Waals surface area contributed by atoms with Gasteiger partial charge in [0, 0.05) is 19.5 Å². The maximum Gasteiger partial charge on any atom is 0.303 e. The maximum atomic E-state index is 12.6. The number of ether oxygens (including phenoxy) is 1. The van der Waals surface area contributed by atoms with Crippen LogP contribution < -0.4 is 0 Å². The lowest BCUT2D eigenvalue weighted by Gasteiger charge is -2.35. The number of likely N-dealkylation sites (tertiary alicyclic amines) is 1. The topological polar surface area (TPSA) is 66.8 Å². The summed E-state index contributed by atoms with van der Waals surface area (Å²) in [7, 11) is 0. The molecule has 23 heavy (non-hydrogen) atoms. The molecule has 0 aromatic rings. The normalized spacial score (nSPS) is 24.9. The summed E-state index contributed by atoms with van der Waals surface area (Å²) in [6, 6.07) is 0. The van der Waals surface area contributed by atoms with Gasteiger partial charge < -0.3 is 14.7 Å². The predicted molar refractivity (Wildman–Crippen MR) is 88.2 cm³/mol. The number of rotatable bonds is 6. The number of carboxylic acid groups (broad SMARTS) is 1. The van der Waals surface area contributed by atoms with Crippen molar-refractivity contribution in [2.24, 2.45) is 5.92 Å². The molecule has 2 fully saturated rings. The van der Waals surface area contributed by atoms with Crippen LogP contribution >= 0.6 is 0 Å². The van der Waals surface area contributed by atoms with E-state index >= 15 is 0 Å². The van der Waals surface area contributed by atoms with Crippen LogP contribution in [-0.2, 0) is 14.3 Å². The van der Waals surface area contributed by atoms with Crippen LogP contribution in [0.3, 0.4) is 0 Å².